The molecular weight excluding hydrogens is 245 g/mol. The van der Waals surface area contributed by atoms with Gasteiger partial charge in [-0.25, -0.2) is 0 Å². The Bertz CT molecular complexity index is 482. The summed E-state index contributed by atoms with van der Waals surface area (Å²) >= 11 is 0. The van der Waals surface area contributed by atoms with Gasteiger partial charge in [0.2, 0.25) is 0 Å². The van der Waals surface area contributed by atoms with E-state index < -0.39 is 17.7 Å². The van der Waals surface area contributed by atoms with Gasteiger partial charge in [-0.05, 0) is 12.8 Å². The number of hydrogen-bond acceptors (Lipinski definition) is 2. The maximum Gasteiger partial charge on any atom is 0.445 e. The van der Waals surface area contributed by atoms with Gasteiger partial charge in [-0.3, -0.25) is 4.79 Å². The fourth-order valence-electron chi connectivity index (χ4n) is 1.48. The van der Waals surface area contributed by atoms with E-state index in [0.717, 1.165) is 12.5 Å². The molecule has 0 aromatic heterocycles. The Labute approximate surface area is 103 Å². The van der Waals surface area contributed by atoms with E-state index in [1.807, 2.05) is 0 Å². The third-order valence-corrected chi connectivity index (χ3v) is 2.36. The van der Waals surface area contributed by atoms with Gasteiger partial charge < -0.3 is 4.74 Å². The molecule has 0 N–H and O–H groups in total. The molecule has 5 heteroatoms. The normalized spacial score (nSPS) is 14.4. The summed E-state index contributed by atoms with van der Waals surface area (Å²) in [5.74, 6) is 0.463. The summed E-state index contributed by atoms with van der Waals surface area (Å²) in [6, 6.07) is 5.34. The Hall–Kier alpha value is -1.96. The summed E-state index contributed by atoms with van der Waals surface area (Å²) in [6.07, 6.45) is 0.0788. The largest absolute Gasteiger partial charge is 0.445 e. The second-order valence-electron chi connectivity index (χ2n) is 3.78. The van der Waals surface area contributed by atoms with E-state index in [-0.39, 0.29) is 5.56 Å². The van der Waals surface area contributed by atoms with Gasteiger partial charge in [0.15, 0.2) is 0 Å². The van der Waals surface area contributed by atoms with Crippen molar-refractivity contribution in [2.75, 3.05) is 0 Å². The molecule has 0 spiro atoms. The third kappa shape index (κ3) is 2.48. The molecule has 1 aromatic carbocycles. The number of carbonyl (C=O) groups excluding carboxylic acids is 1. The zero-order valence-corrected chi connectivity index (χ0v) is 9.84. The number of hydrogen-bond donors (Lipinski definition) is 0. The number of terminal acetylenes is 1. The highest BCUT2D eigenvalue weighted by Gasteiger charge is 2.58. The average molecular weight is 256 g/mol. The van der Waals surface area contributed by atoms with Gasteiger partial charge in [0.05, 0.1) is 0 Å². The van der Waals surface area contributed by atoms with Crippen LogP contribution in [0.3, 0.4) is 0 Å². The minimum Gasteiger partial charge on any atom is -0.432 e. The molecule has 0 fully saturated rings. The Balaban J connectivity index is 3.41. The lowest BCUT2D eigenvalue weighted by Gasteiger charge is -2.30. The van der Waals surface area contributed by atoms with Gasteiger partial charge in [0, 0.05) is 12.5 Å². The molecule has 0 amide bonds. The van der Waals surface area contributed by atoms with E-state index >= 15 is 0 Å². The van der Waals surface area contributed by atoms with E-state index in [4.69, 9.17) is 6.42 Å². The van der Waals surface area contributed by atoms with Crippen LogP contribution < -0.4 is 0 Å². The van der Waals surface area contributed by atoms with Crippen molar-refractivity contribution in [2.24, 2.45) is 0 Å². The molecule has 2 nitrogen and oxygen atoms in total. The number of benzene rings is 1. The Morgan fingerprint density at radius 2 is 1.78 bits per heavy atom. The number of carbonyl (C=O) groups is 1. The van der Waals surface area contributed by atoms with Crippen LogP contribution in [0.1, 0.15) is 18.1 Å². The van der Waals surface area contributed by atoms with Gasteiger partial charge >= 0.3 is 12.1 Å². The van der Waals surface area contributed by atoms with Crippen molar-refractivity contribution in [2.45, 2.75) is 25.6 Å². The molecule has 0 aliphatic carbocycles. The van der Waals surface area contributed by atoms with Crippen LogP contribution in [0.25, 0.3) is 0 Å². The van der Waals surface area contributed by atoms with E-state index in [9.17, 15) is 18.0 Å². The summed E-state index contributed by atoms with van der Waals surface area (Å²) in [4.78, 5) is 10.9. The molecule has 0 heterocycles. The van der Waals surface area contributed by atoms with E-state index in [2.05, 4.69) is 4.74 Å². The maximum atomic E-state index is 13.1. The maximum absolute atomic E-state index is 13.1. The lowest BCUT2D eigenvalue weighted by Crippen LogP contribution is -2.44. The monoisotopic (exact) mass is 256 g/mol. The van der Waals surface area contributed by atoms with Gasteiger partial charge in [-0.1, -0.05) is 29.8 Å². The number of ether oxygens (including phenoxy) is 1. The van der Waals surface area contributed by atoms with Crippen LogP contribution in [0, 0.1) is 19.3 Å². The second kappa shape index (κ2) is 4.73. The molecule has 0 saturated carbocycles. The molecule has 1 aromatic rings. The molecule has 0 bridgehead atoms. The summed E-state index contributed by atoms with van der Waals surface area (Å²) < 4.78 is 43.7. The first-order chi connectivity index (χ1) is 8.23. The van der Waals surface area contributed by atoms with E-state index in [1.165, 1.54) is 24.3 Å². The average Bonchev–Trinajstić information content (AvgIpc) is 2.25. The zero-order valence-electron chi connectivity index (χ0n) is 9.84. The van der Waals surface area contributed by atoms with Gasteiger partial charge in [-0.2, -0.15) is 13.2 Å². The summed E-state index contributed by atoms with van der Waals surface area (Å²) in [7, 11) is 0. The van der Waals surface area contributed by atoms with Crippen molar-refractivity contribution in [3.8, 4) is 12.3 Å². The predicted octanol–water partition coefficient (Wildman–Crippen LogP) is 2.95. The smallest absolute Gasteiger partial charge is 0.432 e. The van der Waals surface area contributed by atoms with Crippen molar-refractivity contribution >= 4 is 5.97 Å². The highest BCUT2D eigenvalue weighted by Crippen LogP contribution is 2.42. The van der Waals surface area contributed by atoms with Crippen LogP contribution >= 0.6 is 0 Å². The topological polar surface area (TPSA) is 26.3 Å². The fourth-order valence-corrected chi connectivity index (χ4v) is 1.48. The lowest BCUT2D eigenvalue weighted by atomic mass is 9.93. The van der Waals surface area contributed by atoms with Crippen LogP contribution in [0.2, 0.25) is 0 Å². The predicted molar refractivity (Wildman–Crippen MR) is 59.5 cm³/mol. The summed E-state index contributed by atoms with van der Waals surface area (Å²) in [6.45, 7) is 2.60. The second-order valence-corrected chi connectivity index (χ2v) is 3.78. The minimum atomic E-state index is -4.89. The zero-order chi connectivity index (χ0) is 14.0. The molecule has 1 atom stereocenters. The van der Waals surface area contributed by atoms with Crippen LogP contribution in [-0.4, -0.2) is 12.1 Å². The van der Waals surface area contributed by atoms with E-state index in [0.29, 0.717) is 0 Å². The Kier molecular flexibility index (Phi) is 3.70. The molecule has 18 heavy (non-hydrogen) atoms. The minimum absolute atomic E-state index is 0.293. The first-order valence-corrected chi connectivity index (χ1v) is 5.04. The molecule has 0 radical (unpaired) electrons. The Morgan fingerprint density at radius 1 is 1.28 bits per heavy atom. The van der Waals surface area contributed by atoms with Crippen molar-refractivity contribution < 1.29 is 22.7 Å². The van der Waals surface area contributed by atoms with Crippen molar-refractivity contribution in [1.82, 2.24) is 0 Å². The molecule has 0 saturated heterocycles. The quantitative estimate of drug-likeness (QED) is 0.600. The molecule has 96 valence electrons. The van der Waals surface area contributed by atoms with Crippen molar-refractivity contribution in [1.29, 1.82) is 0 Å². The van der Waals surface area contributed by atoms with Crippen LogP contribution in [0.15, 0.2) is 24.3 Å². The van der Waals surface area contributed by atoms with Gasteiger partial charge in [0.1, 0.15) is 0 Å². The van der Waals surface area contributed by atoms with Crippen molar-refractivity contribution in [3.05, 3.63) is 35.4 Å². The first-order valence-electron chi connectivity index (χ1n) is 5.04. The molecule has 0 aliphatic rings. The van der Waals surface area contributed by atoms with E-state index in [1.54, 1.807) is 12.8 Å². The first kappa shape index (κ1) is 14.1. The summed E-state index contributed by atoms with van der Waals surface area (Å²) in [5, 5.41) is 0. The molecule has 0 aliphatic heterocycles. The lowest BCUT2D eigenvalue weighted by molar-refractivity contribution is -0.252. The van der Waals surface area contributed by atoms with Crippen molar-refractivity contribution in [3.63, 3.8) is 0 Å². The molecule has 0 unspecified atom stereocenters. The highest BCUT2D eigenvalue weighted by molar-refractivity contribution is 5.67. The fraction of sp³-hybridized carbons (Fsp3) is 0.308. The third-order valence-electron chi connectivity index (χ3n) is 2.36. The molecular formula is C13H11F3O2. The number of rotatable bonds is 2. The number of aryl methyl sites for hydroxylation is 1. The van der Waals surface area contributed by atoms with Crippen LogP contribution in [-0.2, 0) is 15.1 Å². The van der Waals surface area contributed by atoms with Crippen LogP contribution in [0.5, 0.6) is 0 Å². The summed E-state index contributed by atoms with van der Waals surface area (Å²) in [5.41, 5.74) is -2.56. The van der Waals surface area contributed by atoms with Gasteiger partial charge in [0.25, 0.3) is 5.60 Å². The molecule has 1 rings (SSSR count). The SMILES string of the molecule is C#C[C@@](OC(C)=O)(c1ccc(C)cc1)C(F)(F)F. The Morgan fingerprint density at radius 3 is 2.11 bits per heavy atom. The number of halogens is 3. The standard InChI is InChI=1S/C13H11F3O2/c1-4-12(13(14,15)16,18-10(3)17)11-7-5-9(2)6-8-11/h1,5-8H,2-3H3/t12-/m1/s1. The van der Waals surface area contributed by atoms with Gasteiger partial charge in [-0.15, -0.1) is 6.42 Å². The number of esters is 1. The highest BCUT2D eigenvalue weighted by atomic mass is 19.4. The van der Waals surface area contributed by atoms with Crippen LogP contribution in [0.4, 0.5) is 13.2 Å². The number of alkyl halides is 3.